The summed E-state index contributed by atoms with van der Waals surface area (Å²) in [5.41, 5.74) is 0.770. The molecule has 2 amide bonds. The van der Waals surface area contributed by atoms with Gasteiger partial charge >= 0.3 is 0 Å². The Morgan fingerprint density at radius 1 is 0.923 bits per heavy atom. The van der Waals surface area contributed by atoms with E-state index in [9.17, 15) is 18.0 Å². The number of benzene rings is 3. The molecule has 3 aromatic rings. The average molecular weight is 655 g/mol. The largest absolute Gasteiger partial charge is 0.354 e. The second-order valence-corrected chi connectivity index (χ2v) is 12.3. The van der Waals surface area contributed by atoms with Crippen molar-refractivity contribution in [1.29, 1.82) is 0 Å². The fourth-order valence-electron chi connectivity index (χ4n) is 4.00. The summed E-state index contributed by atoms with van der Waals surface area (Å²) >= 11 is 16.2. The summed E-state index contributed by atoms with van der Waals surface area (Å²) in [5.74, 6) is -0.913. The van der Waals surface area contributed by atoms with E-state index in [1.54, 1.807) is 67.6 Å². The summed E-state index contributed by atoms with van der Waals surface area (Å²) in [6.45, 7) is 3.54. The number of nitrogens with one attached hydrogen (secondary N) is 1. The predicted molar refractivity (Wildman–Crippen MR) is 160 cm³/mol. The quantitative estimate of drug-likeness (QED) is 0.249. The minimum absolute atomic E-state index is 0.0362. The van der Waals surface area contributed by atoms with Crippen LogP contribution >= 0.6 is 39.1 Å². The summed E-state index contributed by atoms with van der Waals surface area (Å²) in [6, 6.07) is 18.6. The van der Waals surface area contributed by atoms with Crippen molar-refractivity contribution in [1.82, 2.24) is 10.2 Å². The molecule has 0 heterocycles. The highest BCUT2D eigenvalue weighted by molar-refractivity contribution is 9.10. The Bertz CT molecular complexity index is 1370. The number of nitrogens with zero attached hydrogens (tertiary/aromatic N) is 2. The summed E-state index contributed by atoms with van der Waals surface area (Å²) in [5, 5.41) is 3.52. The van der Waals surface area contributed by atoms with Gasteiger partial charge in [-0.05, 0) is 61.4 Å². The zero-order valence-electron chi connectivity index (χ0n) is 21.6. The maximum absolute atomic E-state index is 14.0. The first-order valence-corrected chi connectivity index (χ1v) is 15.4. The smallest absolute Gasteiger partial charge is 0.264 e. The Hall–Kier alpha value is -2.59. The molecule has 3 aromatic carbocycles. The molecule has 1 atom stereocenters. The highest BCUT2D eigenvalue weighted by atomic mass is 79.9. The number of rotatable bonds is 12. The van der Waals surface area contributed by atoms with E-state index in [1.807, 2.05) is 6.92 Å². The van der Waals surface area contributed by atoms with E-state index in [-0.39, 0.29) is 17.3 Å². The third kappa shape index (κ3) is 7.75. The standard InChI is InChI=1S/C28H30BrCl2N3O4S/c1-3-17-32-28(36)26(4-2)33(18-23-24(30)11-8-12-25(23)31)27(35)19-34(21-15-13-20(29)14-16-21)39(37,38)22-9-6-5-7-10-22/h5-16,26H,3-4,17-19H2,1-2H3,(H,32,36). The van der Waals surface area contributed by atoms with E-state index >= 15 is 0 Å². The Morgan fingerprint density at radius 2 is 1.54 bits per heavy atom. The Morgan fingerprint density at radius 3 is 2.10 bits per heavy atom. The fourth-order valence-corrected chi connectivity index (χ4v) is 6.21. The summed E-state index contributed by atoms with van der Waals surface area (Å²) < 4.78 is 29.4. The molecular formula is C28H30BrCl2N3O4S. The van der Waals surface area contributed by atoms with Gasteiger partial charge in [-0.1, -0.05) is 77.2 Å². The van der Waals surface area contributed by atoms with Crippen LogP contribution in [-0.4, -0.2) is 44.3 Å². The van der Waals surface area contributed by atoms with Crippen molar-refractivity contribution in [3.8, 4) is 0 Å². The van der Waals surface area contributed by atoms with Crippen molar-refractivity contribution >= 4 is 66.7 Å². The number of hydrogen-bond acceptors (Lipinski definition) is 4. The van der Waals surface area contributed by atoms with Crippen molar-refractivity contribution in [2.45, 2.75) is 44.2 Å². The third-order valence-electron chi connectivity index (χ3n) is 6.05. The van der Waals surface area contributed by atoms with Crippen LogP contribution in [0.5, 0.6) is 0 Å². The van der Waals surface area contributed by atoms with Gasteiger partial charge in [0, 0.05) is 33.2 Å². The van der Waals surface area contributed by atoms with E-state index < -0.39 is 28.5 Å². The maximum atomic E-state index is 14.0. The summed E-state index contributed by atoms with van der Waals surface area (Å²) in [4.78, 5) is 28.6. The van der Waals surface area contributed by atoms with Crippen molar-refractivity contribution in [3.63, 3.8) is 0 Å². The predicted octanol–water partition coefficient (Wildman–Crippen LogP) is 6.28. The van der Waals surface area contributed by atoms with Crippen LogP contribution in [0.25, 0.3) is 0 Å². The van der Waals surface area contributed by atoms with Crippen LogP contribution in [0.15, 0.2) is 82.2 Å². The second kappa shape index (κ2) is 14.2. The fraction of sp³-hybridized carbons (Fsp3) is 0.286. The monoisotopic (exact) mass is 653 g/mol. The van der Waals surface area contributed by atoms with Gasteiger partial charge in [0.15, 0.2) is 0 Å². The minimum Gasteiger partial charge on any atom is -0.354 e. The lowest BCUT2D eigenvalue weighted by Crippen LogP contribution is -2.52. The second-order valence-electron chi connectivity index (χ2n) is 8.74. The van der Waals surface area contributed by atoms with Crippen LogP contribution in [0, 0.1) is 0 Å². The zero-order valence-corrected chi connectivity index (χ0v) is 25.5. The number of sulfonamides is 1. The molecule has 0 aliphatic heterocycles. The molecule has 3 rings (SSSR count). The Balaban J connectivity index is 2.07. The number of amides is 2. The van der Waals surface area contributed by atoms with Gasteiger partial charge in [0.2, 0.25) is 11.8 Å². The molecule has 0 saturated heterocycles. The van der Waals surface area contributed by atoms with E-state index in [0.717, 1.165) is 15.2 Å². The zero-order chi connectivity index (χ0) is 28.6. The SMILES string of the molecule is CCCNC(=O)C(CC)N(Cc1c(Cl)cccc1Cl)C(=O)CN(c1ccc(Br)cc1)S(=O)(=O)c1ccccc1. The number of halogens is 3. The molecule has 208 valence electrons. The van der Waals surface area contributed by atoms with Crippen LogP contribution in [0.1, 0.15) is 32.3 Å². The van der Waals surface area contributed by atoms with Gasteiger partial charge in [-0.2, -0.15) is 0 Å². The highest BCUT2D eigenvalue weighted by Crippen LogP contribution is 2.29. The van der Waals surface area contributed by atoms with Gasteiger partial charge in [0.25, 0.3) is 10.0 Å². The van der Waals surface area contributed by atoms with Crippen molar-refractivity contribution in [2.24, 2.45) is 0 Å². The molecule has 7 nitrogen and oxygen atoms in total. The number of anilines is 1. The Labute approximate surface area is 248 Å². The van der Waals surface area contributed by atoms with Gasteiger partial charge < -0.3 is 10.2 Å². The van der Waals surface area contributed by atoms with E-state index in [0.29, 0.717) is 34.3 Å². The molecule has 1 N–H and O–H groups in total. The van der Waals surface area contributed by atoms with E-state index in [1.165, 1.54) is 17.0 Å². The first kappa shape index (κ1) is 30.9. The van der Waals surface area contributed by atoms with Crippen LogP contribution in [-0.2, 0) is 26.2 Å². The topological polar surface area (TPSA) is 86.8 Å². The van der Waals surface area contributed by atoms with Crippen LogP contribution < -0.4 is 9.62 Å². The summed E-state index contributed by atoms with van der Waals surface area (Å²) in [6.07, 6.45) is 1.02. The van der Waals surface area contributed by atoms with Crippen molar-refractivity contribution in [2.75, 3.05) is 17.4 Å². The molecule has 0 saturated carbocycles. The van der Waals surface area contributed by atoms with Gasteiger partial charge in [0.05, 0.1) is 10.6 Å². The normalized spacial score (nSPS) is 12.0. The molecule has 0 aliphatic rings. The first-order chi connectivity index (χ1) is 18.6. The number of carbonyl (C=O) groups is 2. The lowest BCUT2D eigenvalue weighted by Gasteiger charge is -2.33. The molecular weight excluding hydrogens is 625 g/mol. The minimum atomic E-state index is -4.13. The van der Waals surface area contributed by atoms with Crippen LogP contribution in [0.2, 0.25) is 10.0 Å². The van der Waals surface area contributed by atoms with Gasteiger partial charge in [-0.3, -0.25) is 13.9 Å². The van der Waals surface area contributed by atoms with Crippen LogP contribution in [0.3, 0.4) is 0 Å². The average Bonchev–Trinajstić information content (AvgIpc) is 2.92. The number of hydrogen-bond donors (Lipinski definition) is 1. The highest BCUT2D eigenvalue weighted by Gasteiger charge is 2.34. The maximum Gasteiger partial charge on any atom is 0.264 e. The van der Waals surface area contributed by atoms with Gasteiger partial charge in [0.1, 0.15) is 12.6 Å². The summed E-state index contributed by atoms with van der Waals surface area (Å²) in [7, 11) is -4.13. The molecule has 0 aromatic heterocycles. The molecule has 0 bridgehead atoms. The van der Waals surface area contributed by atoms with Crippen LogP contribution in [0.4, 0.5) is 5.69 Å². The molecule has 0 fully saturated rings. The molecule has 11 heteroatoms. The van der Waals surface area contributed by atoms with Gasteiger partial charge in [-0.15, -0.1) is 0 Å². The molecule has 0 aliphatic carbocycles. The first-order valence-electron chi connectivity index (χ1n) is 12.4. The van der Waals surface area contributed by atoms with E-state index in [4.69, 9.17) is 23.2 Å². The molecule has 0 radical (unpaired) electrons. The molecule has 39 heavy (non-hydrogen) atoms. The van der Waals surface area contributed by atoms with Gasteiger partial charge in [-0.25, -0.2) is 8.42 Å². The lowest BCUT2D eigenvalue weighted by molar-refractivity contribution is -0.140. The van der Waals surface area contributed by atoms with E-state index in [2.05, 4.69) is 21.2 Å². The Kier molecular flexibility index (Phi) is 11.2. The molecule has 0 spiro atoms. The van der Waals surface area contributed by atoms with Crippen molar-refractivity contribution in [3.05, 3.63) is 92.9 Å². The lowest BCUT2D eigenvalue weighted by atomic mass is 10.1. The number of carbonyl (C=O) groups excluding carboxylic acids is 2. The van der Waals surface area contributed by atoms with Crippen molar-refractivity contribution < 1.29 is 18.0 Å². The molecule has 1 unspecified atom stereocenters. The third-order valence-corrected chi connectivity index (χ3v) is 9.07.